The Morgan fingerprint density at radius 2 is 1.77 bits per heavy atom. The van der Waals surface area contributed by atoms with Gasteiger partial charge in [0.15, 0.2) is 0 Å². The first-order chi connectivity index (χ1) is 15.0. The quantitative estimate of drug-likeness (QED) is 0.429. The van der Waals surface area contributed by atoms with Crippen LogP contribution in [-0.4, -0.2) is 22.1 Å². The van der Waals surface area contributed by atoms with Gasteiger partial charge in [-0.3, -0.25) is 4.79 Å². The van der Waals surface area contributed by atoms with Crippen molar-refractivity contribution in [3.05, 3.63) is 94.3 Å². The lowest BCUT2D eigenvalue weighted by atomic mass is 10.1. The number of rotatable bonds is 7. The number of halogens is 1. The molecule has 1 amide bonds. The minimum Gasteiger partial charge on any atom is -0.491 e. The molecule has 1 aromatic heterocycles. The molecule has 0 atom stereocenters. The van der Waals surface area contributed by atoms with E-state index in [2.05, 4.69) is 9.88 Å². The molecule has 0 bridgehead atoms. The van der Waals surface area contributed by atoms with Gasteiger partial charge >= 0.3 is 0 Å². The molecule has 4 aromatic rings. The molecule has 158 valence electrons. The summed E-state index contributed by atoms with van der Waals surface area (Å²) in [6.45, 7) is 5.53. The van der Waals surface area contributed by atoms with E-state index >= 15 is 0 Å². The fraction of sp³-hybridized carbons (Fsp3) is 0.200. The molecule has 0 saturated heterocycles. The third-order valence-corrected chi connectivity index (χ3v) is 5.43. The molecule has 0 aliphatic carbocycles. The molecule has 0 fully saturated rings. The number of hydrogen-bond donors (Lipinski definition) is 1. The van der Waals surface area contributed by atoms with E-state index in [-0.39, 0.29) is 5.91 Å². The van der Waals surface area contributed by atoms with E-state index in [4.69, 9.17) is 21.3 Å². The number of carbonyl (C=O) groups excluding carboxylic acids is 1. The number of imidazole rings is 1. The molecule has 4 rings (SSSR count). The Labute approximate surface area is 186 Å². The van der Waals surface area contributed by atoms with Crippen molar-refractivity contribution in [3.63, 3.8) is 0 Å². The Morgan fingerprint density at radius 1 is 1.03 bits per heavy atom. The van der Waals surface area contributed by atoms with Gasteiger partial charge in [-0.15, -0.1) is 0 Å². The van der Waals surface area contributed by atoms with Crippen molar-refractivity contribution in [2.75, 3.05) is 6.61 Å². The summed E-state index contributed by atoms with van der Waals surface area (Å²) in [6.07, 6.45) is 0. The lowest BCUT2D eigenvalue weighted by Crippen LogP contribution is -2.25. The SMILES string of the molecule is Cc1cccc(C)c1OCCn1c(CNC(=O)c2cccc(Cl)c2)nc2ccccc21. The van der Waals surface area contributed by atoms with Gasteiger partial charge in [-0.05, 0) is 55.3 Å². The first-order valence-corrected chi connectivity index (χ1v) is 10.6. The molecule has 0 unspecified atom stereocenters. The van der Waals surface area contributed by atoms with Gasteiger partial charge in [-0.25, -0.2) is 4.98 Å². The van der Waals surface area contributed by atoms with Crippen LogP contribution in [0.3, 0.4) is 0 Å². The van der Waals surface area contributed by atoms with Gasteiger partial charge in [0.1, 0.15) is 18.2 Å². The standard InChI is InChI=1S/C25H24ClN3O2/c1-17-7-5-8-18(2)24(17)31-14-13-29-22-12-4-3-11-21(22)28-23(29)16-27-25(30)19-9-6-10-20(26)15-19/h3-12,15H,13-14,16H2,1-2H3,(H,27,30). The van der Waals surface area contributed by atoms with Gasteiger partial charge in [0.05, 0.1) is 24.1 Å². The number of ether oxygens (including phenoxy) is 1. The third-order valence-electron chi connectivity index (χ3n) is 5.20. The van der Waals surface area contributed by atoms with Gasteiger partial charge in [0.25, 0.3) is 5.91 Å². The highest BCUT2D eigenvalue weighted by Gasteiger charge is 2.13. The number of fused-ring (bicyclic) bond motifs is 1. The summed E-state index contributed by atoms with van der Waals surface area (Å²) in [5.74, 6) is 1.51. The number of para-hydroxylation sites is 3. The second kappa shape index (κ2) is 9.23. The summed E-state index contributed by atoms with van der Waals surface area (Å²) >= 11 is 6.00. The zero-order valence-corrected chi connectivity index (χ0v) is 18.3. The summed E-state index contributed by atoms with van der Waals surface area (Å²) in [6, 6.07) is 21.0. The molecule has 3 aromatic carbocycles. The van der Waals surface area contributed by atoms with Crippen LogP contribution >= 0.6 is 11.6 Å². The van der Waals surface area contributed by atoms with Crippen LogP contribution in [0, 0.1) is 13.8 Å². The van der Waals surface area contributed by atoms with Gasteiger partial charge in [0.2, 0.25) is 0 Å². The topological polar surface area (TPSA) is 56.1 Å². The van der Waals surface area contributed by atoms with E-state index in [1.54, 1.807) is 24.3 Å². The summed E-state index contributed by atoms with van der Waals surface area (Å²) in [4.78, 5) is 17.3. The molecule has 0 radical (unpaired) electrons. The summed E-state index contributed by atoms with van der Waals surface area (Å²) in [5, 5.41) is 3.48. The van der Waals surface area contributed by atoms with Crippen molar-refractivity contribution in [2.24, 2.45) is 0 Å². The number of benzene rings is 3. The number of carbonyl (C=O) groups is 1. The molecule has 1 heterocycles. The first-order valence-electron chi connectivity index (χ1n) is 10.2. The Morgan fingerprint density at radius 3 is 2.55 bits per heavy atom. The zero-order chi connectivity index (χ0) is 21.8. The van der Waals surface area contributed by atoms with Gasteiger partial charge in [-0.2, -0.15) is 0 Å². The highest BCUT2D eigenvalue weighted by molar-refractivity contribution is 6.30. The predicted octanol–water partition coefficient (Wildman–Crippen LogP) is 5.32. The molecule has 1 N–H and O–H groups in total. The molecule has 0 aliphatic rings. The summed E-state index contributed by atoms with van der Waals surface area (Å²) in [5.41, 5.74) is 4.66. The van der Waals surface area contributed by atoms with E-state index in [0.717, 1.165) is 33.7 Å². The van der Waals surface area contributed by atoms with Crippen LogP contribution < -0.4 is 10.1 Å². The van der Waals surface area contributed by atoms with Gasteiger partial charge in [0, 0.05) is 10.6 Å². The van der Waals surface area contributed by atoms with Crippen LogP contribution in [0.4, 0.5) is 0 Å². The minimum atomic E-state index is -0.187. The lowest BCUT2D eigenvalue weighted by molar-refractivity contribution is 0.0949. The summed E-state index contributed by atoms with van der Waals surface area (Å²) in [7, 11) is 0. The zero-order valence-electron chi connectivity index (χ0n) is 17.6. The van der Waals surface area contributed by atoms with Crippen LogP contribution in [-0.2, 0) is 13.1 Å². The second-order valence-electron chi connectivity index (χ2n) is 7.43. The maximum Gasteiger partial charge on any atom is 0.251 e. The fourth-order valence-electron chi connectivity index (χ4n) is 3.67. The Kier molecular flexibility index (Phi) is 6.23. The van der Waals surface area contributed by atoms with Crippen molar-refractivity contribution >= 4 is 28.5 Å². The average molecular weight is 434 g/mol. The second-order valence-corrected chi connectivity index (χ2v) is 7.87. The highest BCUT2D eigenvalue weighted by atomic mass is 35.5. The van der Waals surface area contributed by atoms with Crippen LogP contribution in [0.15, 0.2) is 66.7 Å². The van der Waals surface area contributed by atoms with Crippen LogP contribution in [0.1, 0.15) is 27.3 Å². The molecular weight excluding hydrogens is 410 g/mol. The van der Waals surface area contributed by atoms with Gasteiger partial charge < -0.3 is 14.6 Å². The van der Waals surface area contributed by atoms with E-state index < -0.39 is 0 Å². The van der Waals surface area contributed by atoms with Gasteiger partial charge in [-0.1, -0.05) is 48.0 Å². The monoisotopic (exact) mass is 433 g/mol. The molecular formula is C25H24ClN3O2. The van der Waals surface area contributed by atoms with Crippen molar-refractivity contribution in [3.8, 4) is 5.75 Å². The lowest BCUT2D eigenvalue weighted by Gasteiger charge is -2.14. The fourth-order valence-corrected chi connectivity index (χ4v) is 3.86. The normalized spacial score (nSPS) is 10.9. The molecule has 6 heteroatoms. The average Bonchev–Trinajstić information content (AvgIpc) is 3.11. The number of nitrogens with zero attached hydrogens (tertiary/aromatic N) is 2. The molecule has 0 spiro atoms. The third kappa shape index (κ3) is 4.72. The predicted molar refractivity (Wildman–Crippen MR) is 124 cm³/mol. The van der Waals surface area contributed by atoms with E-state index in [1.807, 2.05) is 56.3 Å². The van der Waals surface area contributed by atoms with E-state index in [0.29, 0.717) is 30.3 Å². The Balaban J connectivity index is 1.51. The van der Waals surface area contributed by atoms with Crippen molar-refractivity contribution in [1.29, 1.82) is 0 Å². The number of amides is 1. The summed E-state index contributed by atoms with van der Waals surface area (Å²) < 4.78 is 8.20. The number of aromatic nitrogens is 2. The smallest absolute Gasteiger partial charge is 0.251 e. The number of nitrogens with one attached hydrogen (secondary N) is 1. The molecule has 31 heavy (non-hydrogen) atoms. The molecule has 0 aliphatic heterocycles. The Hall–Kier alpha value is -3.31. The largest absolute Gasteiger partial charge is 0.491 e. The highest BCUT2D eigenvalue weighted by Crippen LogP contribution is 2.23. The maximum absolute atomic E-state index is 12.5. The maximum atomic E-state index is 12.5. The molecule has 5 nitrogen and oxygen atoms in total. The van der Waals surface area contributed by atoms with Crippen LogP contribution in [0.5, 0.6) is 5.75 Å². The van der Waals surface area contributed by atoms with E-state index in [9.17, 15) is 4.79 Å². The first kappa shape index (κ1) is 20.9. The van der Waals surface area contributed by atoms with Crippen LogP contribution in [0.2, 0.25) is 5.02 Å². The van der Waals surface area contributed by atoms with Crippen molar-refractivity contribution < 1.29 is 9.53 Å². The van der Waals surface area contributed by atoms with E-state index in [1.165, 1.54) is 0 Å². The Bertz CT molecular complexity index is 1210. The van der Waals surface area contributed by atoms with Crippen LogP contribution in [0.25, 0.3) is 11.0 Å². The number of aryl methyl sites for hydroxylation is 2. The minimum absolute atomic E-state index is 0.187. The number of hydrogen-bond acceptors (Lipinski definition) is 3. The molecule has 0 saturated carbocycles. The van der Waals surface area contributed by atoms with Crippen molar-refractivity contribution in [2.45, 2.75) is 26.9 Å². The van der Waals surface area contributed by atoms with Crippen molar-refractivity contribution in [1.82, 2.24) is 14.9 Å².